The minimum atomic E-state index is 0.440. The Kier molecular flexibility index (Phi) is 13.7. The summed E-state index contributed by atoms with van der Waals surface area (Å²) in [6.45, 7) is 0. The molecule has 0 unspecified atom stereocenters. The van der Waals surface area contributed by atoms with E-state index in [-0.39, 0.29) is 0 Å². The fourth-order valence-electron chi connectivity index (χ4n) is 0.642. The monoisotopic (exact) mass is 432 g/mol. The van der Waals surface area contributed by atoms with Crippen LogP contribution >= 0.6 is 38.4 Å². The van der Waals surface area contributed by atoms with Crippen LogP contribution in [-0.2, 0) is 11.7 Å². The van der Waals surface area contributed by atoms with E-state index in [0.717, 1.165) is 0 Å². The van der Waals surface area contributed by atoms with Crippen LogP contribution in [0.4, 0.5) is 0 Å². The van der Waals surface area contributed by atoms with Gasteiger partial charge in [-0.1, -0.05) is 0 Å². The van der Waals surface area contributed by atoms with Gasteiger partial charge in [0.1, 0.15) is 0 Å². The molecule has 2 rings (SSSR count). The van der Waals surface area contributed by atoms with Crippen molar-refractivity contribution in [1.82, 2.24) is 0 Å². The Morgan fingerprint density at radius 3 is 1.23 bits per heavy atom. The largest absolute Gasteiger partial charge is 0.748 e. The van der Waals surface area contributed by atoms with Gasteiger partial charge in [-0.3, -0.25) is 0 Å². The van der Waals surface area contributed by atoms with Crippen molar-refractivity contribution in [3.8, 4) is 0 Å². The van der Waals surface area contributed by atoms with Gasteiger partial charge in [0.05, 0.1) is 0 Å². The first-order valence-electron chi connectivity index (χ1n) is 3.71. The normalized spacial score (nSPS) is 7.23. The second-order valence-corrected chi connectivity index (χ2v) is 15.2. The second-order valence-electron chi connectivity index (χ2n) is 2.00. The molecule has 0 saturated heterocycles. The maximum atomic E-state index is 2.40. The van der Waals surface area contributed by atoms with Crippen LogP contribution in [0.2, 0.25) is 0 Å². The second kappa shape index (κ2) is 12.9. The van der Waals surface area contributed by atoms with E-state index >= 15 is 0 Å². The number of hydrogen-bond donors (Lipinski definition) is 0. The Hall–Kier alpha value is 0.874. The average molecular weight is 432 g/mol. The maximum absolute atomic E-state index is 2.40. The molecule has 3 heteroatoms. The maximum Gasteiger partial charge on any atom is -0.172 e. The molecule has 2 aromatic rings. The zero-order chi connectivity index (χ0) is 9.78. The van der Waals surface area contributed by atoms with E-state index in [9.17, 15) is 0 Å². The van der Waals surface area contributed by atoms with Crippen LogP contribution in [0.25, 0.3) is 0 Å². The zero-order valence-electron chi connectivity index (χ0n) is 7.03. The molecule has 0 aliphatic rings. The van der Waals surface area contributed by atoms with Crippen LogP contribution < -0.4 is 0 Å². The van der Waals surface area contributed by atoms with E-state index in [1.54, 1.807) is 0 Å². The van der Waals surface area contributed by atoms with Crippen LogP contribution in [-0.4, -0.2) is 0 Å². The van der Waals surface area contributed by atoms with Gasteiger partial charge in [-0.15, -0.1) is 0 Å². The van der Waals surface area contributed by atoms with Gasteiger partial charge in [0.2, 0.25) is 0 Å². The summed E-state index contributed by atoms with van der Waals surface area (Å²) in [5.41, 5.74) is 0. The van der Waals surface area contributed by atoms with E-state index in [4.69, 9.17) is 0 Å². The summed E-state index contributed by atoms with van der Waals surface area (Å²) >= 11 is 5.24. The van der Waals surface area contributed by atoms with Gasteiger partial charge in [0, 0.05) is 0 Å². The Labute approximate surface area is 109 Å². The van der Waals surface area contributed by atoms with Crippen LogP contribution in [0.1, 0.15) is 0 Å². The third kappa shape index (κ3) is 12.9. The molecule has 0 atom stereocenters. The van der Waals surface area contributed by atoms with E-state index in [2.05, 4.69) is 38.4 Å². The smallest absolute Gasteiger partial charge is 0.172 e. The zero-order valence-corrected chi connectivity index (χ0v) is 12.9. The first kappa shape index (κ1) is 13.9. The Balaban J connectivity index is 0.000000174. The molecule has 2 aromatic carbocycles. The predicted octanol–water partition coefficient (Wildman–Crippen LogP) is 4.58. The van der Waals surface area contributed by atoms with Crippen molar-refractivity contribution >= 4 is 38.4 Å². The predicted molar refractivity (Wildman–Crippen MR) is 72.1 cm³/mol. The fourth-order valence-corrected chi connectivity index (χ4v) is 0.642. The van der Waals surface area contributed by atoms with Crippen molar-refractivity contribution in [2.75, 3.05) is 0 Å². The molecule has 0 bridgehead atoms. The van der Waals surface area contributed by atoms with Gasteiger partial charge in [-0.25, -0.2) is 12.1 Å². The van der Waals surface area contributed by atoms with Gasteiger partial charge in [0.15, 0.2) is 0 Å². The van der Waals surface area contributed by atoms with Gasteiger partial charge in [-0.05, 0) is 0 Å². The summed E-state index contributed by atoms with van der Waals surface area (Å²) < 4.78 is 0. The van der Waals surface area contributed by atoms with Crippen LogP contribution in [0.15, 0.2) is 60.7 Å². The van der Waals surface area contributed by atoms with Crippen molar-refractivity contribution in [2.24, 2.45) is 0 Å². The number of hydrogen-bond acceptors (Lipinski definition) is 0. The molecule has 0 amide bonds. The first-order chi connectivity index (χ1) is 6.41. The Morgan fingerprint density at radius 2 is 1.08 bits per heavy atom. The number of rotatable bonds is 0. The summed E-state index contributed by atoms with van der Waals surface area (Å²) in [7, 11) is 0. The van der Waals surface area contributed by atoms with Crippen molar-refractivity contribution in [3.05, 3.63) is 60.7 Å². The molecule has 0 spiro atoms. The minimum Gasteiger partial charge on any atom is -0.748 e. The molecule has 0 nitrogen and oxygen atoms in total. The van der Waals surface area contributed by atoms with Crippen molar-refractivity contribution in [3.63, 3.8) is 0 Å². The molecule has 0 aliphatic heterocycles. The van der Waals surface area contributed by atoms with Crippen molar-refractivity contribution in [2.45, 2.75) is 0 Å². The van der Waals surface area contributed by atoms with Gasteiger partial charge in [-0.2, -0.15) is 18.2 Å². The first-order valence-corrected chi connectivity index (χ1v) is 13.8. The van der Waals surface area contributed by atoms with Crippen molar-refractivity contribution < 1.29 is 11.7 Å². The van der Waals surface area contributed by atoms with Crippen LogP contribution in [0, 0.1) is 0 Å². The Bertz CT molecular complexity index is 165. The molecule has 0 saturated carbocycles. The van der Waals surface area contributed by atoms with E-state index in [0.29, 0.717) is 11.7 Å². The molecule has 13 heavy (non-hydrogen) atoms. The summed E-state index contributed by atoms with van der Waals surface area (Å²) in [5.74, 6) is 0. The minimum absolute atomic E-state index is 0.440. The molecular weight excluding hydrogens is 422 g/mol. The molecule has 0 aliphatic carbocycles. The Morgan fingerprint density at radius 1 is 0.769 bits per heavy atom. The van der Waals surface area contributed by atoms with E-state index in [1.807, 2.05) is 60.7 Å². The summed E-state index contributed by atoms with van der Waals surface area (Å²) in [6.07, 6.45) is 0. The van der Waals surface area contributed by atoms with Gasteiger partial charge >= 0.3 is 50.0 Å². The summed E-state index contributed by atoms with van der Waals surface area (Å²) in [5, 5.41) is 0. The third-order valence-electron chi connectivity index (χ3n) is 1.11. The van der Waals surface area contributed by atoms with Crippen LogP contribution in [0.3, 0.4) is 0 Å². The molecule has 0 radical (unpaired) electrons. The summed E-state index contributed by atoms with van der Waals surface area (Å²) in [6, 6.07) is 20.0. The van der Waals surface area contributed by atoms with E-state index in [1.165, 1.54) is 0 Å². The van der Waals surface area contributed by atoms with Crippen molar-refractivity contribution in [1.29, 1.82) is 0 Å². The fraction of sp³-hybridized carbons (Fsp3) is 0. The van der Waals surface area contributed by atoms with Gasteiger partial charge < -0.3 is 30.3 Å². The average Bonchev–Trinajstić information content (AvgIpc) is 2.85. The summed E-state index contributed by atoms with van der Waals surface area (Å²) in [4.78, 5) is 0. The molecular formula is C10H10I2Ti-6. The van der Waals surface area contributed by atoms with Crippen LogP contribution in [0.5, 0.6) is 0 Å². The molecule has 74 valence electrons. The molecule has 0 fully saturated rings. The molecule has 0 heterocycles. The molecule has 0 N–H and O–H groups in total. The van der Waals surface area contributed by atoms with Gasteiger partial charge in [0.25, 0.3) is 0 Å². The standard InChI is InChI=1S/2C5H5.2HI.Ti/c2*1-2-4-5-3-1;;;/h2*1-5H;2*1H;/q-5;-1;;;+2/p-2. The molecule has 0 aromatic heterocycles. The van der Waals surface area contributed by atoms with E-state index < -0.39 is 0 Å². The third-order valence-corrected chi connectivity index (χ3v) is 1.11. The quantitative estimate of drug-likeness (QED) is 0.325. The topological polar surface area (TPSA) is 0 Å². The number of halogens is 2. The SMILES string of the molecule is [I][Ti][I].[cH-]1[cH-][cH-][cH-][cH-]1.c1cc[cH-]c1.